The van der Waals surface area contributed by atoms with E-state index in [1.165, 1.54) is 0 Å². The van der Waals surface area contributed by atoms with Crippen molar-refractivity contribution in [2.24, 2.45) is 5.84 Å². The molecule has 9 heteroatoms. The van der Waals surface area contributed by atoms with E-state index in [0.717, 1.165) is 5.69 Å². The maximum atomic E-state index is 5.53. The van der Waals surface area contributed by atoms with Crippen LogP contribution in [0, 0.1) is 11.6 Å². The molecule has 4 N–H and O–H groups in total. The summed E-state index contributed by atoms with van der Waals surface area (Å²) in [6.07, 6.45) is 0. The lowest BCUT2D eigenvalue weighted by molar-refractivity contribution is 0.548. The van der Waals surface area contributed by atoms with Crippen LogP contribution in [-0.2, 0) is 5.41 Å². The Morgan fingerprint density at radius 3 is 2.57 bits per heavy atom. The molecule has 0 aliphatic carbocycles. The van der Waals surface area contributed by atoms with Gasteiger partial charge >= 0.3 is 0 Å². The topological polar surface area (TPSA) is 110 Å². The number of aromatic amines is 1. The Kier molecular flexibility index (Phi) is 2.92. The molecule has 0 atom stereocenters. The van der Waals surface area contributed by atoms with Crippen LogP contribution in [0.2, 0.25) is 0 Å². The Hall–Kier alpha value is -2.13. The minimum absolute atomic E-state index is 0.195. The molecule has 3 aromatic rings. The molecule has 0 amide bonds. The average molecular weight is 304 g/mol. The number of aryl methyl sites for hydroxylation is 1. The first kappa shape index (κ1) is 13.8. The Morgan fingerprint density at radius 2 is 1.95 bits per heavy atom. The number of H-pyrrole nitrogens is 1. The fourth-order valence-corrected chi connectivity index (χ4v) is 2.68. The maximum absolute atomic E-state index is 5.53. The Morgan fingerprint density at radius 1 is 1.24 bits per heavy atom. The molecule has 0 spiro atoms. The normalized spacial score (nSPS) is 12.2. The van der Waals surface area contributed by atoms with Gasteiger partial charge in [0.05, 0.1) is 0 Å². The second kappa shape index (κ2) is 4.43. The van der Waals surface area contributed by atoms with E-state index in [0.29, 0.717) is 33.0 Å². The number of hydrazine groups is 1. The van der Waals surface area contributed by atoms with Gasteiger partial charge in [0, 0.05) is 5.41 Å². The minimum Gasteiger partial charge on any atom is -0.308 e. The number of nitrogens with two attached hydrogens (primary N) is 1. The van der Waals surface area contributed by atoms with E-state index in [4.69, 9.17) is 18.1 Å². The van der Waals surface area contributed by atoms with Crippen LogP contribution in [0.15, 0.2) is 0 Å². The maximum Gasteiger partial charge on any atom is 0.190 e. The lowest BCUT2D eigenvalue weighted by atomic mass is 9.93. The van der Waals surface area contributed by atoms with Crippen molar-refractivity contribution >= 4 is 34.7 Å². The van der Waals surface area contributed by atoms with E-state index in [1.54, 1.807) is 11.4 Å². The van der Waals surface area contributed by atoms with Gasteiger partial charge in [0.2, 0.25) is 0 Å². The highest BCUT2D eigenvalue weighted by atomic mass is 32.1. The van der Waals surface area contributed by atoms with E-state index in [9.17, 15) is 0 Å². The summed E-state index contributed by atoms with van der Waals surface area (Å²) in [5.74, 6) is 6.62. The van der Waals surface area contributed by atoms with Gasteiger partial charge in [-0.3, -0.25) is 5.10 Å². The van der Waals surface area contributed by atoms with Gasteiger partial charge in [0.1, 0.15) is 16.9 Å². The number of aromatic nitrogens is 6. The number of nitrogens with one attached hydrogen (secondary N) is 2. The van der Waals surface area contributed by atoms with Crippen molar-refractivity contribution in [1.82, 2.24) is 29.8 Å². The van der Waals surface area contributed by atoms with Crippen molar-refractivity contribution < 1.29 is 0 Å². The number of fused-ring (bicyclic) bond motifs is 3. The molecule has 8 nitrogen and oxygen atoms in total. The summed E-state index contributed by atoms with van der Waals surface area (Å²) in [6.45, 7) is 7.91. The summed E-state index contributed by atoms with van der Waals surface area (Å²) in [5.41, 5.74) is 4.28. The van der Waals surface area contributed by atoms with Crippen LogP contribution in [0.25, 0.3) is 16.7 Å². The summed E-state index contributed by atoms with van der Waals surface area (Å²) in [5, 5.41) is 12.4. The highest BCUT2D eigenvalue weighted by Crippen LogP contribution is 2.26. The molecule has 0 saturated heterocycles. The predicted octanol–water partition coefficient (Wildman–Crippen LogP) is 1.62. The number of nitrogens with zero attached hydrogens (tertiary/aromatic N) is 5. The zero-order chi connectivity index (χ0) is 15.4. The molecule has 21 heavy (non-hydrogen) atoms. The van der Waals surface area contributed by atoms with Gasteiger partial charge in [0.25, 0.3) is 0 Å². The molecule has 0 fully saturated rings. The molecule has 3 aromatic heterocycles. The van der Waals surface area contributed by atoms with Crippen molar-refractivity contribution in [2.45, 2.75) is 33.1 Å². The molecule has 0 radical (unpaired) electrons. The third kappa shape index (κ3) is 2.05. The highest BCUT2D eigenvalue weighted by Gasteiger charge is 2.22. The Labute approximate surface area is 125 Å². The van der Waals surface area contributed by atoms with Crippen LogP contribution in [0.3, 0.4) is 0 Å². The fourth-order valence-electron chi connectivity index (χ4n) is 2.20. The third-order valence-electron chi connectivity index (χ3n) is 3.17. The van der Waals surface area contributed by atoms with Crippen LogP contribution in [0.4, 0.5) is 5.82 Å². The zero-order valence-electron chi connectivity index (χ0n) is 12.2. The molecular formula is C12H16N8S. The van der Waals surface area contributed by atoms with Crippen molar-refractivity contribution in [3.05, 3.63) is 16.2 Å². The third-order valence-corrected chi connectivity index (χ3v) is 3.55. The smallest absolute Gasteiger partial charge is 0.190 e. The van der Waals surface area contributed by atoms with Crippen molar-refractivity contribution in [3.8, 4) is 0 Å². The van der Waals surface area contributed by atoms with Crippen LogP contribution in [0.1, 0.15) is 32.3 Å². The van der Waals surface area contributed by atoms with E-state index in [2.05, 4.69) is 30.7 Å². The highest BCUT2D eigenvalue weighted by molar-refractivity contribution is 7.71. The SMILES string of the molecule is Cc1nc(NN)c2c(n1)[nH]n1c(=S)c(C(C)(C)C)nnc21. The second-order valence-electron chi connectivity index (χ2n) is 5.86. The minimum atomic E-state index is -0.195. The Bertz CT molecular complexity index is 901. The molecule has 3 rings (SSSR count). The van der Waals surface area contributed by atoms with E-state index >= 15 is 0 Å². The summed E-state index contributed by atoms with van der Waals surface area (Å²) in [7, 11) is 0. The van der Waals surface area contributed by atoms with Crippen LogP contribution in [0.5, 0.6) is 0 Å². The zero-order valence-corrected chi connectivity index (χ0v) is 13.0. The van der Waals surface area contributed by atoms with Crippen molar-refractivity contribution in [2.75, 3.05) is 5.43 Å². The predicted molar refractivity (Wildman–Crippen MR) is 82.5 cm³/mol. The number of hydrogen-bond acceptors (Lipinski definition) is 7. The summed E-state index contributed by atoms with van der Waals surface area (Å²) >= 11 is 5.52. The molecule has 0 aromatic carbocycles. The van der Waals surface area contributed by atoms with Gasteiger partial charge in [-0.25, -0.2) is 20.3 Å². The number of rotatable bonds is 1. The van der Waals surface area contributed by atoms with E-state index < -0.39 is 0 Å². The lowest BCUT2D eigenvalue weighted by Crippen LogP contribution is -2.17. The molecule has 3 heterocycles. The number of nitrogen functional groups attached to an aromatic ring is 1. The van der Waals surface area contributed by atoms with Gasteiger partial charge in [-0.05, 0) is 6.92 Å². The van der Waals surface area contributed by atoms with Gasteiger partial charge in [0.15, 0.2) is 21.8 Å². The molecule has 0 aliphatic rings. The first-order chi connectivity index (χ1) is 9.82. The lowest BCUT2D eigenvalue weighted by Gasteiger charge is -2.16. The Balaban J connectivity index is 2.48. The van der Waals surface area contributed by atoms with Gasteiger partial charge in [-0.1, -0.05) is 33.0 Å². The molecule has 0 bridgehead atoms. The van der Waals surface area contributed by atoms with E-state index in [1.807, 2.05) is 20.8 Å². The standard InChI is InChI=1S/C12H16N8S/c1-5-14-8(16-13)6-9(15-5)19-20-10(6)18-17-7(11(20)21)12(2,3)4/h13H2,1-4H3,(H2,14,15,16,19). The largest absolute Gasteiger partial charge is 0.308 e. The number of hydrogen-bond donors (Lipinski definition) is 3. The van der Waals surface area contributed by atoms with Crippen LogP contribution >= 0.6 is 12.2 Å². The molecule has 0 aliphatic heterocycles. The molecular weight excluding hydrogens is 288 g/mol. The van der Waals surface area contributed by atoms with Crippen molar-refractivity contribution in [1.29, 1.82) is 0 Å². The fraction of sp³-hybridized carbons (Fsp3) is 0.417. The number of anilines is 1. The summed E-state index contributed by atoms with van der Waals surface area (Å²) in [4.78, 5) is 8.62. The molecule has 0 unspecified atom stereocenters. The quantitative estimate of drug-likeness (QED) is 0.356. The van der Waals surface area contributed by atoms with Gasteiger partial charge in [-0.15, -0.1) is 10.2 Å². The first-order valence-electron chi connectivity index (χ1n) is 6.46. The van der Waals surface area contributed by atoms with Crippen LogP contribution in [-0.4, -0.2) is 29.8 Å². The van der Waals surface area contributed by atoms with E-state index in [-0.39, 0.29) is 5.41 Å². The first-order valence-corrected chi connectivity index (χ1v) is 6.86. The van der Waals surface area contributed by atoms with Crippen LogP contribution < -0.4 is 11.3 Å². The second-order valence-corrected chi connectivity index (χ2v) is 6.25. The van der Waals surface area contributed by atoms with Crippen molar-refractivity contribution in [3.63, 3.8) is 0 Å². The average Bonchev–Trinajstić information content (AvgIpc) is 2.75. The summed E-state index contributed by atoms with van der Waals surface area (Å²) in [6, 6.07) is 0. The van der Waals surface area contributed by atoms with Gasteiger partial charge in [-0.2, -0.15) is 0 Å². The monoisotopic (exact) mass is 304 g/mol. The van der Waals surface area contributed by atoms with Gasteiger partial charge < -0.3 is 5.43 Å². The summed E-state index contributed by atoms with van der Waals surface area (Å²) < 4.78 is 2.27. The molecule has 110 valence electrons. The molecule has 0 saturated carbocycles.